The lowest BCUT2D eigenvalue weighted by Crippen LogP contribution is -2.35. The van der Waals surface area contributed by atoms with Gasteiger partial charge in [0.15, 0.2) is 5.11 Å². The van der Waals surface area contributed by atoms with Crippen LogP contribution in [0.4, 0.5) is 11.4 Å². The summed E-state index contributed by atoms with van der Waals surface area (Å²) in [4.78, 5) is 22.3. The molecule has 25 heavy (non-hydrogen) atoms. The van der Waals surface area contributed by atoms with Crippen LogP contribution in [0.5, 0.6) is 5.75 Å². The number of hydrogen-bond acceptors (Lipinski definition) is 5. The number of halogens is 1. The first kappa shape index (κ1) is 18.6. The number of thiocarbonyl (C=S) groups is 1. The van der Waals surface area contributed by atoms with Crippen LogP contribution >= 0.6 is 23.8 Å². The van der Waals surface area contributed by atoms with Crippen molar-refractivity contribution < 1.29 is 14.5 Å². The number of nitrogens with one attached hydrogen (secondary N) is 2. The molecule has 0 saturated carbocycles. The number of carbonyl (C=O) groups excluding carboxylic acids is 1. The lowest BCUT2D eigenvalue weighted by atomic mass is 10.1. The normalized spacial score (nSPS) is 10.0. The topological polar surface area (TPSA) is 93.5 Å². The number of methoxy groups -OCH3 is 1. The van der Waals surface area contributed by atoms with E-state index in [2.05, 4.69) is 10.6 Å². The van der Waals surface area contributed by atoms with E-state index in [1.807, 2.05) is 0 Å². The van der Waals surface area contributed by atoms with E-state index in [4.69, 9.17) is 28.6 Å². The highest BCUT2D eigenvalue weighted by atomic mass is 35.5. The van der Waals surface area contributed by atoms with Gasteiger partial charge in [-0.2, -0.15) is 0 Å². The van der Waals surface area contributed by atoms with Crippen LogP contribution in [0.2, 0.25) is 5.02 Å². The van der Waals surface area contributed by atoms with Crippen molar-refractivity contribution in [1.82, 2.24) is 5.32 Å². The van der Waals surface area contributed by atoms with Crippen LogP contribution in [-0.2, 0) is 11.2 Å². The third-order valence-corrected chi connectivity index (χ3v) is 3.70. The molecular formula is C16H14ClN3O4S. The van der Waals surface area contributed by atoms with Crippen molar-refractivity contribution in [3.05, 3.63) is 63.2 Å². The molecule has 0 fully saturated rings. The average Bonchev–Trinajstić information content (AvgIpc) is 2.56. The molecule has 9 heteroatoms. The lowest BCUT2D eigenvalue weighted by Gasteiger charge is -2.10. The predicted molar refractivity (Wildman–Crippen MR) is 99.2 cm³/mol. The quantitative estimate of drug-likeness (QED) is 0.470. The molecule has 0 unspecified atom stereocenters. The fourth-order valence-electron chi connectivity index (χ4n) is 1.99. The van der Waals surface area contributed by atoms with Crippen LogP contribution in [0.1, 0.15) is 5.56 Å². The van der Waals surface area contributed by atoms with Gasteiger partial charge < -0.3 is 15.4 Å². The summed E-state index contributed by atoms with van der Waals surface area (Å²) < 4.78 is 5.05. The van der Waals surface area contributed by atoms with Gasteiger partial charge in [0.25, 0.3) is 5.69 Å². The Bertz CT molecular complexity index is 812. The summed E-state index contributed by atoms with van der Waals surface area (Å²) in [6, 6.07) is 11.2. The summed E-state index contributed by atoms with van der Waals surface area (Å²) in [6.45, 7) is 0. The fourth-order valence-corrected chi connectivity index (χ4v) is 2.41. The molecule has 2 aromatic carbocycles. The van der Waals surface area contributed by atoms with Crippen molar-refractivity contribution in [3.63, 3.8) is 0 Å². The van der Waals surface area contributed by atoms with Gasteiger partial charge in [-0.25, -0.2) is 0 Å². The Kier molecular flexibility index (Phi) is 6.26. The molecule has 0 bridgehead atoms. The second-order valence-electron chi connectivity index (χ2n) is 4.95. The summed E-state index contributed by atoms with van der Waals surface area (Å²) in [7, 11) is 1.56. The Morgan fingerprint density at radius 1 is 1.28 bits per heavy atom. The van der Waals surface area contributed by atoms with Gasteiger partial charge in [-0.15, -0.1) is 0 Å². The molecule has 1 amide bonds. The third-order valence-electron chi connectivity index (χ3n) is 3.18. The van der Waals surface area contributed by atoms with Crippen molar-refractivity contribution in [2.24, 2.45) is 0 Å². The molecule has 0 spiro atoms. The molecule has 2 rings (SSSR count). The van der Waals surface area contributed by atoms with E-state index >= 15 is 0 Å². The number of ether oxygens (including phenoxy) is 1. The van der Waals surface area contributed by atoms with Crippen LogP contribution in [0.3, 0.4) is 0 Å². The minimum Gasteiger partial charge on any atom is -0.497 e. The van der Waals surface area contributed by atoms with Gasteiger partial charge in [-0.3, -0.25) is 14.9 Å². The average molecular weight is 380 g/mol. The molecule has 0 aliphatic rings. The maximum absolute atomic E-state index is 12.0. The highest BCUT2D eigenvalue weighted by Crippen LogP contribution is 2.27. The highest BCUT2D eigenvalue weighted by Gasteiger charge is 2.14. The summed E-state index contributed by atoms with van der Waals surface area (Å²) in [5.74, 6) is 0.386. The predicted octanol–water partition coefficient (Wildman–Crippen LogP) is 3.31. The zero-order valence-electron chi connectivity index (χ0n) is 13.1. The first-order valence-electron chi connectivity index (χ1n) is 7.06. The molecule has 0 aromatic heterocycles. The second-order valence-corrected chi connectivity index (χ2v) is 5.77. The minimum atomic E-state index is -0.598. The van der Waals surface area contributed by atoms with Gasteiger partial charge in [0.2, 0.25) is 5.91 Å². The van der Waals surface area contributed by atoms with E-state index < -0.39 is 4.92 Å². The Hall–Kier alpha value is -2.71. The molecule has 0 heterocycles. The zero-order chi connectivity index (χ0) is 18.4. The van der Waals surface area contributed by atoms with Gasteiger partial charge in [-0.1, -0.05) is 23.7 Å². The van der Waals surface area contributed by atoms with Crippen LogP contribution in [0, 0.1) is 10.1 Å². The summed E-state index contributed by atoms with van der Waals surface area (Å²) in [6.07, 6.45) is 0.132. The smallest absolute Gasteiger partial charge is 0.289 e. The Morgan fingerprint density at radius 3 is 2.56 bits per heavy atom. The molecule has 0 aliphatic carbocycles. The maximum Gasteiger partial charge on any atom is 0.289 e. The van der Waals surface area contributed by atoms with Crippen molar-refractivity contribution in [1.29, 1.82) is 0 Å². The first-order valence-corrected chi connectivity index (χ1v) is 7.85. The number of benzene rings is 2. The van der Waals surface area contributed by atoms with Gasteiger partial charge in [0.05, 0.1) is 18.5 Å². The minimum absolute atomic E-state index is 0.0185. The Labute approximate surface area is 154 Å². The zero-order valence-corrected chi connectivity index (χ0v) is 14.7. The molecular weight excluding hydrogens is 366 g/mol. The largest absolute Gasteiger partial charge is 0.497 e. The molecule has 0 atom stereocenters. The number of hydrogen-bond donors (Lipinski definition) is 2. The molecule has 2 N–H and O–H groups in total. The van der Waals surface area contributed by atoms with E-state index in [1.165, 1.54) is 18.2 Å². The third kappa shape index (κ3) is 5.40. The number of amides is 1. The van der Waals surface area contributed by atoms with Crippen LogP contribution in [0.25, 0.3) is 0 Å². The van der Waals surface area contributed by atoms with Gasteiger partial charge in [0.1, 0.15) is 10.8 Å². The lowest BCUT2D eigenvalue weighted by molar-refractivity contribution is -0.384. The summed E-state index contributed by atoms with van der Waals surface area (Å²) in [5.41, 5.74) is 0.896. The number of nitro groups is 1. The maximum atomic E-state index is 12.0. The van der Waals surface area contributed by atoms with Crippen molar-refractivity contribution in [2.75, 3.05) is 12.4 Å². The highest BCUT2D eigenvalue weighted by molar-refractivity contribution is 7.80. The van der Waals surface area contributed by atoms with Crippen LogP contribution in [-0.4, -0.2) is 23.1 Å². The number of anilines is 1. The monoisotopic (exact) mass is 379 g/mol. The number of carbonyl (C=O) groups is 1. The fraction of sp³-hybridized carbons (Fsp3) is 0.125. The van der Waals surface area contributed by atoms with Gasteiger partial charge in [0, 0.05) is 11.8 Å². The second kappa shape index (κ2) is 8.41. The molecule has 0 aliphatic heterocycles. The SMILES string of the molecule is COc1ccc(CC(=O)NC(=S)Nc2ccc(Cl)c([N+](=O)[O-])c2)cc1. The van der Waals surface area contributed by atoms with Crippen LogP contribution in [0.15, 0.2) is 42.5 Å². The van der Waals surface area contributed by atoms with Crippen LogP contribution < -0.4 is 15.4 Å². The van der Waals surface area contributed by atoms with E-state index in [1.54, 1.807) is 31.4 Å². The van der Waals surface area contributed by atoms with E-state index in [9.17, 15) is 14.9 Å². The Balaban J connectivity index is 1.94. The number of nitrogens with zero attached hydrogens (tertiary/aromatic N) is 1. The standard InChI is InChI=1S/C16H14ClN3O4S/c1-24-12-5-2-10(3-6-12)8-15(21)19-16(25)18-11-4-7-13(17)14(9-11)20(22)23/h2-7,9H,8H2,1H3,(H2,18,19,21,25). The molecule has 130 valence electrons. The van der Waals surface area contributed by atoms with Gasteiger partial charge in [-0.05, 0) is 42.0 Å². The van der Waals surface area contributed by atoms with Crippen molar-refractivity contribution in [3.8, 4) is 5.75 Å². The van der Waals surface area contributed by atoms with Crippen molar-refractivity contribution in [2.45, 2.75) is 6.42 Å². The van der Waals surface area contributed by atoms with Gasteiger partial charge >= 0.3 is 0 Å². The van der Waals surface area contributed by atoms with E-state index in [0.717, 1.165) is 5.56 Å². The molecule has 7 nitrogen and oxygen atoms in total. The van der Waals surface area contributed by atoms with Crippen molar-refractivity contribution >= 4 is 46.2 Å². The number of nitro benzene ring substituents is 1. The summed E-state index contributed by atoms with van der Waals surface area (Å²) >= 11 is 10.8. The molecule has 0 saturated heterocycles. The summed E-state index contributed by atoms with van der Waals surface area (Å²) in [5, 5.41) is 16.2. The molecule has 0 radical (unpaired) electrons. The number of rotatable bonds is 5. The first-order chi connectivity index (χ1) is 11.9. The molecule has 2 aromatic rings. The Morgan fingerprint density at radius 2 is 1.96 bits per heavy atom. The van der Waals surface area contributed by atoms with E-state index in [0.29, 0.717) is 11.4 Å². The van der Waals surface area contributed by atoms with E-state index in [-0.39, 0.29) is 28.2 Å².